The summed E-state index contributed by atoms with van der Waals surface area (Å²) in [5.41, 5.74) is 9.05. The first kappa shape index (κ1) is 8.60. The van der Waals surface area contributed by atoms with E-state index in [2.05, 4.69) is 0 Å². The van der Waals surface area contributed by atoms with Gasteiger partial charge in [0.05, 0.1) is 0 Å². The summed E-state index contributed by atoms with van der Waals surface area (Å²) in [6, 6.07) is 3.67. The second-order valence-electron chi connectivity index (χ2n) is 3.48. The molecule has 0 atom stereocenters. The molecule has 0 heterocycles. The number of aryl methyl sites for hydroxylation is 2. The number of rotatable bonds is 1. The molecule has 0 aromatic heterocycles. The smallest absolute Gasteiger partial charge is 0.423 e. The number of nitrogen functional groups attached to an aromatic ring is 1. The maximum Gasteiger partial charge on any atom is 0.490 e. The molecule has 0 aliphatic heterocycles. The summed E-state index contributed by atoms with van der Waals surface area (Å²) in [7, 11) is -1.45. The number of anilines is 1. The Morgan fingerprint density at radius 3 is 2.38 bits per heavy atom. The van der Waals surface area contributed by atoms with Crippen LogP contribution in [0.1, 0.15) is 17.5 Å². The molecule has 68 valence electrons. The van der Waals surface area contributed by atoms with E-state index in [4.69, 9.17) is 15.8 Å². The average Bonchev–Trinajstić information content (AvgIpc) is 2.48. The van der Waals surface area contributed by atoms with Gasteiger partial charge in [-0.05, 0) is 36.5 Å². The normalized spacial score (nSPS) is 14.3. The van der Waals surface area contributed by atoms with Crippen LogP contribution in [0.15, 0.2) is 12.1 Å². The van der Waals surface area contributed by atoms with Gasteiger partial charge in [-0.3, -0.25) is 0 Å². The molecule has 4 N–H and O–H groups in total. The lowest BCUT2D eigenvalue weighted by molar-refractivity contribution is 0.426. The summed E-state index contributed by atoms with van der Waals surface area (Å²) in [5.74, 6) is 0. The highest BCUT2D eigenvalue weighted by Crippen LogP contribution is 2.22. The highest BCUT2D eigenvalue weighted by atomic mass is 16.4. The summed E-state index contributed by atoms with van der Waals surface area (Å²) in [6.45, 7) is 0. The van der Waals surface area contributed by atoms with E-state index in [-0.39, 0.29) is 0 Å². The molecule has 13 heavy (non-hydrogen) atoms. The van der Waals surface area contributed by atoms with E-state index in [1.165, 1.54) is 11.1 Å². The molecule has 0 unspecified atom stereocenters. The predicted octanol–water partition coefficient (Wildman–Crippen LogP) is -0.563. The van der Waals surface area contributed by atoms with Crippen LogP contribution in [0.5, 0.6) is 0 Å². The molecule has 3 nitrogen and oxygen atoms in total. The van der Waals surface area contributed by atoms with Gasteiger partial charge in [-0.1, -0.05) is 6.07 Å². The Hall–Kier alpha value is -0.995. The average molecular weight is 177 g/mol. The van der Waals surface area contributed by atoms with Gasteiger partial charge in [0.15, 0.2) is 0 Å². The topological polar surface area (TPSA) is 66.5 Å². The molecule has 1 aliphatic carbocycles. The van der Waals surface area contributed by atoms with Crippen LogP contribution in [0.25, 0.3) is 0 Å². The fourth-order valence-corrected chi connectivity index (χ4v) is 1.89. The maximum absolute atomic E-state index is 9.01. The van der Waals surface area contributed by atoms with E-state index < -0.39 is 7.12 Å². The largest absolute Gasteiger partial charge is 0.490 e. The van der Waals surface area contributed by atoms with Gasteiger partial charge in [0, 0.05) is 11.2 Å². The Morgan fingerprint density at radius 1 is 1.15 bits per heavy atom. The molecule has 0 amide bonds. The van der Waals surface area contributed by atoms with E-state index in [1.54, 1.807) is 0 Å². The third-order valence-corrected chi connectivity index (χ3v) is 2.58. The van der Waals surface area contributed by atoms with Gasteiger partial charge in [-0.15, -0.1) is 0 Å². The Morgan fingerprint density at radius 2 is 1.77 bits per heavy atom. The van der Waals surface area contributed by atoms with Crippen molar-refractivity contribution < 1.29 is 10.0 Å². The van der Waals surface area contributed by atoms with Crippen LogP contribution in [0, 0.1) is 0 Å². The van der Waals surface area contributed by atoms with Crippen molar-refractivity contribution in [3.63, 3.8) is 0 Å². The van der Waals surface area contributed by atoms with E-state index in [0.29, 0.717) is 11.2 Å². The van der Waals surface area contributed by atoms with Crippen molar-refractivity contribution in [1.82, 2.24) is 0 Å². The summed E-state index contributed by atoms with van der Waals surface area (Å²) in [4.78, 5) is 0. The standard InChI is InChI=1S/C9H12BNO2/c11-9-5-7-3-1-2-6(7)4-8(9)10(12)13/h4-5,12-13H,1-3,11H2. The monoisotopic (exact) mass is 177 g/mol. The maximum atomic E-state index is 9.01. The van der Waals surface area contributed by atoms with E-state index in [1.807, 2.05) is 12.1 Å². The first-order valence-corrected chi connectivity index (χ1v) is 4.46. The third-order valence-electron chi connectivity index (χ3n) is 2.58. The summed E-state index contributed by atoms with van der Waals surface area (Å²) >= 11 is 0. The Bertz CT molecular complexity index is 339. The van der Waals surface area contributed by atoms with Crippen LogP contribution >= 0.6 is 0 Å². The summed E-state index contributed by atoms with van der Waals surface area (Å²) in [6.07, 6.45) is 3.22. The number of hydrogen-bond acceptors (Lipinski definition) is 3. The zero-order valence-corrected chi connectivity index (χ0v) is 7.33. The van der Waals surface area contributed by atoms with Crippen LogP contribution < -0.4 is 11.2 Å². The lowest BCUT2D eigenvalue weighted by Crippen LogP contribution is -2.32. The first-order chi connectivity index (χ1) is 6.18. The van der Waals surface area contributed by atoms with Gasteiger partial charge in [0.25, 0.3) is 0 Å². The molecule has 0 bridgehead atoms. The molecule has 0 spiro atoms. The van der Waals surface area contributed by atoms with E-state index >= 15 is 0 Å². The first-order valence-electron chi connectivity index (χ1n) is 4.46. The summed E-state index contributed by atoms with van der Waals surface area (Å²) < 4.78 is 0. The molecule has 2 rings (SSSR count). The van der Waals surface area contributed by atoms with Crippen molar-refractivity contribution in [2.24, 2.45) is 0 Å². The Labute approximate surface area is 77.3 Å². The lowest BCUT2D eigenvalue weighted by atomic mass is 9.77. The van der Waals surface area contributed by atoms with Gasteiger partial charge in [0.1, 0.15) is 0 Å². The van der Waals surface area contributed by atoms with Crippen molar-refractivity contribution in [2.45, 2.75) is 19.3 Å². The van der Waals surface area contributed by atoms with Crippen LogP contribution in [0.2, 0.25) is 0 Å². The molecule has 0 fully saturated rings. The second kappa shape index (κ2) is 3.05. The molecule has 1 aliphatic rings. The zero-order chi connectivity index (χ0) is 9.42. The van der Waals surface area contributed by atoms with Gasteiger partial charge >= 0.3 is 7.12 Å². The van der Waals surface area contributed by atoms with E-state index in [0.717, 1.165) is 19.3 Å². The van der Waals surface area contributed by atoms with Gasteiger partial charge in [-0.25, -0.2) is 0 Å². The molecule has 0 radical (unpaired) electrons. The third kappa shape index (κ3) is 1.43. The Balaban J connectivity index is 2.49. The van der Waals surface area contributed by atoms with Crippen LogP contribution in [-0.4, -0.2) is 17.2 Å². The lowest BCUT2D eigenvalue weighted by Gasteiger charge is -2.07. The van der Waals surface area contributed by atoms with Crippen LogP contribution in [0.4, 0.5) is 5.69 Å². The van der Waals surface area contributed by atoms with E-state index in [9.17, 15) is 0 Å². The zero-order valence-electron chi connectivity index (χ0n) is 7.33. The van der Waals surface area contributed by atoms with Crippen molar-refractivity contribution in [3.8, 4) is 0 Å². The number of fused-ring (bicyclic) bond motifs is 1. The minimum Gasteiger partial charge on any atom is -0.423 e. The fourth-order valence-electron chi connectivity index (χ4n) is 1.89. The Kier molecular flexibility index (Phi) is 2.02. The minimum atomic E-state index is -1.45. The molecule has 1 aromatic carbocycles. The minimum absolute atomic E-state index is 0.431. The highest BCUT2D eigenvalue weighted by Gasteiger charge is 2.19. The quantitative estimate of drug-likeness (QED) is 0.397. The SMILES string of the molecule is Nc1cc2c(cc1B(O)O)CCC2. The van der Waals surface area contributed by atoms with Gasteiger partial charge in [0.2, 0.25) is 0 Å². The summed E-state index contributed by atoms with van der Waals surface area (Å²) in [5, 5.41) is 18.0. The number of hydrogen-bond donors (Lipinski definition) is 3. The van der Waals surface area contributed by atoms with Crippen LogP contribution in [0.3, 0.4) is 0 Å². The van der Waals surface area contributed by atoms with Gasteiger partial charge < -0.3 is 15.8 Å². The number of benzene rings is 1. The molecular weight excluding hydrogens is 165 g/mol. The highest BCUT2D eigenvalue weighted by molar-refractivity contribution is 6.60. The molecule has 0 saturated heterocycles. The fraction of sp³-hybridized carbons (Fsp3) is 0.333. The number of nitrogens with two attached hydrogens (primary N) is 1. The van der Waals surface area contributed by atoms with Crippen molar-refractivity contribution >= 4 is 18.3 Å². The molecular formula is C9H12BNO2. The van der Waals surface area contributed by atoms with Crippen LogP contribution in [-0.2, 0) is 12.8 Å². The van der Waals surface area contributed by atoms with Crippen molar-refractivity contribution in [2.75, 3.05) is 5.73 Å². The van der Waals surface area contributed by atoms with Crippen molar-refractivity contribution in [1.29, 1.82) is 0 Å². The second-order valence-corrected chi connectivity index (χ2v) is 3.48. The van der Waals surface area contributed by atoms with Crippen molar-refractivity contribution in [3.05, 3.63) is 23.3 Å². The molecule has 1 aromatic rings. The van der Waals surface area contributed by atoms with Gasteiger partial charge in [-0.2, -0.15) is 0 Å². The molecule has 4 heteroatoms. The predicted molar refractivity (Wildman–Crippen MR) is 52.7 cm³/mol. The molecule has 0 saturated carbocycles.